The molecule has 0 radical (unpaired) electrons. The van der Waals surface area contributed by atoms with E-state index in [1.54, 1.807) is 18.2 Å². The fourth-order valence-electron chi connectivity index (χ4n) is 2.15. The lowest BCUT2D eigenvalue weighted by Crippen LogP contribution is -2.22. The first-order chi connectivity index (χ1) is 10.2. The normalized spacial score (nSPS) is 12.1. The first-order valence-corrected chi connectivity index (χ1v) is 7.06. The Morgan fingerprint density at radius 2 is 1.86 bits per heavy atom. The summed E-state index contributed by atoms with van der Waals surface area (Å²) in [7, 11) is 0. The van der Waals surface area contributed by atoms with E-state index in [1.165, 1.54) is 6.07 Å². The molecule has 0 heterocycles. The molecular weight excluding hydrogens is 269 g/mol. The van der Waals surface area contributed by atoms with Crippen molar-refractivity contribution in [3.63, 3.8) is 0 Å². The number of aliphatic hydroxyl groups is 1. The van der Waals surface area contributed by atoms with Crippen molar-refractivity contribution < 1.29 is 14.2 Å². The van der Waals surface area contributed by atoms with Gasteiger partial charge in [0.2, 0.25) is 0 Å². The van der Waals surface area contributed by atoms with Crippen LogP contribution in [-0.4, -0.2) is 18.3 Å². The van der Waals surface area contributed by atoms with E-state index in [4.69, 9.17) is 4.74 Å². The van der Waals surface area contributed by atoms with Crippen molar-refractivity contribution >= 4 is 0 Å². The van der Waals surface area contributed by atoms with Gasteiger partial charge in [-0.05, 0) is 19.1 Å². The lowest BCUT2D eigenvalue weighted by molar-refractivity contribution is 0.169. The number of nitrogens with one attached hydrogen (secondary N) is 1. The predicted octanol–water partition coefficient (Wildman–Crippen LogP) is 3.05. The molecule has 0 fully saturated rings. The topological polar surface area (TPSA) is 41.5 Å². The third-order valence-electron chi connectivity index (χ3n) is 3.19. The Hall–Kier alpha value is -1.91. The van der Waals surface area contributed by atoms with Gasteiger partial charge in [0.05, 0.1) is 12.7 Å². The largest absolute Gasteiger partial charge is 0.494 e. The van der Waals surface area contributed by atoms with Gasteiger partial charge in [-0.3, -0.25) is 0 Å². The van der Waals surface area contributed by atoms with Crippen LogP contribution in [-0.2, 0) is 6.54 Å². The standard InChI is InChI=1S/C17H20FNO2/c1-2-21-17-10-6-3-7-13(17)11-19-12-16(20)14-8-4-5-9-15(14)18/h3-10,16,19-20H,2,11-12H2,1H3. The molecule has 0 saturated heterocycles. The molecule has 2 aromatic carbocycles. The summed E-state index contributed by atoms with van der Waals surface area (Å²) in [5.74, 6) is 0.439. The van der Waals surface area contributed by atoms with Crippen molar-refractivity contribution in [1.29, 1.82) is 0 Å². The first kappa shape index (κ1) is 15.5. The molecule has 112 valence electrons. The summed E-state index contributed by atoms with van der Waals surface area (Å²) in [5.41, 5.74) is 1.32. The van der Waals surface area contributed by atoms with Gasteiger partial charge in [-0.2, -0.15) is 0 Å². The minimum absolute atomic E-state index is 0.279. The van der Waals surface area contributed by atoms with E-state index in [-0.39, 0.29) is 12.4 Å². The second-order valence-electron chi connectivity index (χ2n) is 4.71. The number of hydrogen-bond donors (Lipinski definition) is 2. The van der Waals surface area contributed by atoms with Crippen molar-refractivity contribution in [2.75, 3.05) is 13.2 Å². The molecule has 0 amide bonds. The Morgan fingerprint density at radius 1 is 1.14 bits per heavy atom. The highest BCUT2D eigenvalue weighted by Crippen LogP contribution is 2.19. The van der Waals surface area contributed by atoms with Crippen molar-refractivity contribution in [2.45, 2.75) is 19.6 Å². The maximum Gasteiger partial charge on any atom is 0.129 e. The number of para-hydroxylation sites is 1. The average molecular weight is 289 g/mol. The van der Waals surface area contributed by atoms with Crippen LogP contribution in [0.2, 0.25) is 0 Å². The van der Waals surface area contributed by atoms with Crippen LogP contribution in [0.25, 0.3) is 0 Å². The van der Waals surface area contributed by atoms with Crippen LogP contribution >= 0.6 is 0 Å². The second-order valence-corrected chi connectivity index (χ2v) is 4.71. The van der Waals surface area contributed by atoms with Crippen molar-refractivity contribution in [1.82, 2.24) is 5.32 Å². The van der Waals surface area contributed by atoms with Gasteiger partial charge in [-0.15, -0.1) is 0 Å². The molecule has 4 heteroatoms. The summed E-state index contributed by atoms with van der Waals surface area (Å²) in [6, 6.07) is 14.0. The number of ether oxygens (including phenoxy) is 1. The minimum atomic E-state index is -0.870. The highest BCUT2D eigenvalue weighted by molar-refractivity contribution is 5.33. The molecule has 3 nitrogen and oxygen atoms in total. The third-order valence-corrected chi connectivity index (χ3v) is 3.19. The molecule has 2 aromatic rings. The zero-order chi connectivity index (χ0) is 15.1. The molecule has 0 aliphatic heterocycles. The molecule has 0 aromatic heterocycles. The number of aliphatic hydroxyl groups excluding tert-OH is 1. The van der Waals surface area contributed by atoms with Crippen molar-refractivity contribution in [3.8, 4) is 5.75 Å². The summed E-state index contributed by atoms with van der Waals surface area (Å²) in [4.78, 5) is 0. The van der Waals surface area contributed by atoms with Gasteiger partial charge >= 0.3 is 0 Å². The molecule has 0 saturated carbocycles. The van der Waals surface area contributed by atoms with Gasteiger partial charge in [-0.25, -0.2) is 4.39 Å². The van der Waals surface area contributed by atoms with E-state index in [1.807, 2.05) is 31.2 Å². The maximum atomic E-state index is 13.5. The Balaban J connectivity index is 1.91. The van der Waals surface area contributed by atoms with Crippen LogP contribution in [0.3, 0.4) is 0 Å². The molecule has 1 atom stereocenters. The Morgan fingerprint density at radius 3 is 2.62 bits per heavy atom. The van der Waals surface area contributed by atoms with Gasteiger partial charge in [0.25, 0.3) is 0 Å². The van der Waals surface area contributed by atoms with Crippen LogP contribution < -0.4 is 10.1 Å². The SMILES string of the molecule is CCOc1ccccc1CNCC(O)c1ccccc1F. The van der Waals surface area contributed by atoms with Gasteiger partial charge in [0.15, 0.2) is 0 Å². The molecule has 0 aliphatic rings. The number of rotatable bonds is 7. The molecule has 21 heavy (non-hydrogen) atoms. The predicted molar refractivity (Wildman–Crippen MR) is 80.7 cm³/mol. The van der Waals surface area contributed by atoms with E-state index in [2.05, 4.69) is 5.32 Å². The van der Waals surface area contributed by atoms with Gasteiger partial charge < -0.3 is 15.2 Å². The fourth-order valence-corrected chi connectivity index (χ4v) is 2.15. The number of halogens is 1. The molecule has 0 spiro atoms. The Labute approximate surface area is 124 Å². The van der Waals surface area contributed by atoms with Gasteiger partial charge in [-0.1, -0.05) is 36.4 Å². The highest BCUT2D eigenvalue weighted by Gasteiger charge is 2.12. The van der Waals surface area contributed by atoms with Gasteiger partial charge in [0.1, 0.15) is 11.6 Å². The molecule has 2 N–H and O–H groups in total. The van der Waals surface area contributed by atoms with E-state index < -0.39 is 6.10 Å². The minimum Gasteiger partial charge on any atom is -0.494 e. The average Bonchev–Trinajstić information content (AvgIpc) is 2.49. The van der Waals surface area contributed by atoms with Crippen LogP contribution in [0.4, 0.5) is 4.39 Å². The first-order valence-electron chi connectivity index (χ1n) is 7.06. The van der Waals surface area contributed by atoms with E-state index in [0.29, 0.717) is 18.7 Å². The third kappa shape index (κ3) is 4.28. The summed E-state index contributed by atoms with van der Waals surface area (Å²) in [5, 5.41) is 13.1. The van der Waals surface area contributed by atoms with Crippen LogP contribution in [0.15, 0.2) is 48.5 Å². The Kier molecular flexibility index (Phi) is 5.72. The second kappa shape index (κ2) is 7.76. The summed E-state index contributed by atoms with van der Waals surface area (Å²) in [6.45, 7) is 3.38. The summed E-state index contributed by atoms with van der Waals surface area (Å²) >= 11 is 0. The molecule has 0 aliphatic carbocycles. The van der Waals surface area contributed by atoms with Crippen LogP contribution in [0.5, 0.6) is 5.75 Å². The number of benzene rings is 2. The maximum absolute atomic E-state index is 13.5. The summed E-state index contributed by atoms with van der Waals surface area (Å²) in [6.07, 6.45) is -0.870. The van der Waals surface area contributed by atoms with Crippen molar-refractivity contribution in [2.24, 2.45) is 0 Å². The van der Waals surface area contributed by atoms with Crippen LogP contribution in [0.1, 0.15) is 24.2 Å². The van der Waals surface area contributed by atoms with E-state index in [0.717, 1.165) is 11.3 Å². The zero-order valence-electron chi connectivity index (χ0n) is 12.1. The molecule has 0 bridgehead atoms. The monoisotopic (exact) mass is 289 g/mol. The van der Waals surface area contributed by atoms with Crippen molar-refractivity contribution in [3.05, 3.63) is 65.5 Å². The highest BCUT2D eigenvalue weighted by atomic mass is 19.1. The lowest BCUT2D eigenvalue weighted by Gasteiger charge is -2.14. The zero-order valence-corrected chi connectivity index (χ0v) is 12.1. The van der Waals surface area contributed by atoms with E-state index in [9.17, 15) is 9.50 Å². The smallest absolute Gasteiger partial charge is 0.129 e. The lowest BCUT2D eigenvalue weighted by atomic mass is 10.1. The van der Waals surface area contributed by atoms with Crippen LogP contribution in [0, 0.1) is 5.82 Å². The quantitative estimate of drug-likeness (QED) is 0.823. The fraction of sp³-hybridized carbons (Fsp3) is 0.294. The van der Waals surface area contributed by atoms with Gasteiger partial charge in [0, 0.05) is 24.2 Å². The summed E-state index contributed by atoms with van der Waals surface area (Å²) < 4.78 is 19.1. The molecule has 2 rings (SSSR count). The number of hydrogen-bond acceptors (Lipinski definition) is 3. The molecular formula is C17H20FNO2. The molecule has 1 unspecified atom stereocenters. The van der Waals surface area contributed by atoms with E-state index >= 15 is 0 Å². The Bertz CT molecular complexity index is 574.